The van der Waals surface area contributed by atoms with Crippen LogP contribution < -0.4 is 10.5 Å². The Labute approximate surface area is 133 Å². The van der Waals surface area contributed by atoms with Gasteiger partial charge in [0.05, 0.1) is 17.3 Å². The highest BCUT2D eigenvalue weighted by Crippen LogP contribution is 2.47. The Kier molecular flexibility index (Phi) is 4.23. The fourth-order valence-corrected chi connectivity index (χ4v) is 3.53. The first-order chi connectivity index (χ1) is 9.87. The van der Waals surface area contributed by atoms with Gasteiger partial charge in [-0.05, 0) is 52.2 Å². The molecule has 1 aliphatic rings. The van der Waals surface area contributed by atoms with Crippen LogP contribution in [0.2, 0.25) is 0 Å². The van der Waals surface area contributed by atoms with E-state index in [0.717, 1.165) is 39.0 Å². The summed E-state index contributed by atoms with van der Waals surface area (Å²) in [5, 5.41) is 0. The van der Waals surface area contributed by atoms with Gasteiger partial charge in [0.25, 0.3) is 0 Å². The summed E-state index contributed by atoms with van der Waals surface area (Å²) in [4.78, 5) is 8.39. The van der Waals surface area contributed by atoms with Crippen molar-refractivity contribution in [3.05, 3.63) is 33.3 Å². The monoisotopic (exact) mass is 349 g/mol. The van der Waals surface area contributed by atoms with Crippen LogP contribution in [0, 0.1) is 5.41 Å². The molecule has 4 nitrogen and oxygen atoms in total. The summed E-state index contributed by atoms with van der Waals surface area (Å²) in [5.74, 6) is 1.33. The maximum atomic E-state index is 6.11. The van der Waals surface area contributed by atoms with Crippen molar-refractivity contribution in [2.75, 3.05) is 14.2 Å². The lowest BCUT2D eigenvalue weighted by Crippen LogP contribution is -2.33. The van der Waals surface area contributed by atoms with E-state index in [4.69, 9.17) is 10.5 Å². The van der Waals surface area contributed by atoms with Gasteiger partial charge < -0.3 is 10.5 Å². The number of aliphatic imine (C=N–C) groups is 2. The number of hydrogen-bond acceptors (Lipinski definition) is 3. The highest BCUT2D eigenvalue weighted by atomic mass is 79.9. The van der Waals surface area contributed by atoms with Crippen molar-refractivity contribution >= 4 is 34.2 Å². The maximum Gasteiger partial charge on any atom is 0.133 e. The van der Waals surface area contributed by atoms with E-state index in [-0.39, 0.29) is 5.41 Å². The van der Waals surface area contributed by atoms with Gasteiger partial charge in [0, 0.05) is 18.2 Å². The van der Waals surface area contributed by atoms with Gasteiger partial charge >= 0.3 is 0 Å². The highest BCUT2D eigenvalue weighted by Gasteiger charge is 2.36. The first-order valence-corrected chi connectivity index (χ1v) is 7.46. The number of ether oxygens (including phenoxy) is 1. The molecule has 1 aliphatic carbocycles. The molecular weight excluding hydrogens is 330 g/mol. The fourth-order valence-electron chi connectivity index (χ4n) is 2.88. The van der Waals surface area contributed by atoms with E-state index >= 15 is 0 Å². The van der Waals surface area contributed by atoms with Gasteiger partial charge in [-0.15, -0.1) is 0 Å². The Bertz CT molecular complexity index is 660. The maximum absolute atomic E-state index is 6.11. The number of nitrogens with zero attached hydrogens (tertiary/aromatic N) is 2. The Morgan fingerprint density at radius 2 is 2.10 bits per heavy atom. The predicted molar refractivity (Wildman–Crippen MR) is 92.2 cm³/mol. The van der Waals surface area contributed by atoms with Gasteiger partial charge in [0.15, 0.2) is 0 Å². The Morgan fingerprint density at radius 3 is 2.62 bits per heavy atom. The highest BCUT2D eigenvalue weighted by molar-refractivity contribution is 9.10. The van der Waals surface area contributed by atoms with Gasteiger partial charge in [0.1, 0.15) is 11.6 Å². The minimum atomic E-state index is -0.179. The van der Waals surface area contributed by atoms with Crippen molar-refractivity contribution in [2.24, 2.45) is 21.1 Å². The molecule has 0 radical (unpaired) electrons. The minimum absolute atomic E-state index is 0.179. The molecule has 0 spiro atoms. The zero-order chi connectivity index (χ0) is 15.8. The number of hydrogen-bond donors (Lipinski definition) is 1. The van der Waals surface area contributed by atoms with Crippen molar-refractivity contribution in [1.82, 2.24) is 0 Å². The Morgan fingerprint density at radius 1 is 1.43 bits per heavy atom. The van der Waals surface area contributed by atoms with E-state index in [1.165, 1.54) is 0 Å². The molecule has 0 aromatic heterocycles. The summed E-state index contributed by atoms with van der Waals surface area (Å²) < 4.78 is 6.35. The van der Waals surface area contributed by atoms with Crippen LogP contribution in [-0.2, 0) is 6.42 Å². The van der Waals surface area contributed by atoms with Crippen LogP contribution in [0.15, 0.2) is 32.2 Å². The van der Waals surface area contributed by atoms with Crippen LogP contribution in [0.5, 0.6) is 5.75 Å². The molecule has 112 valence electrons. The first-order valence-electron chi connectivity index (χ1n) is 6.67. The minimum Gasteiger partial charge on any atom is -0.496 e. The van der Waals surface area contributed by atoms with E-state index in [2.05, 4.69) is 46.5 Å². The van der Waals surface area contributed by atoms with Crippen molar-refractivity contribution < 1.29 is 4.74 Å². The fraction of sp³-hybridized carbons (Fsp3) is 0.375. The third kappa shape index (κ3) is 2.50. The van der Waals surface area contributed by atoms with Crippen molar-refractivity contribution in [2.45, 2.75) is 20.3 Å². The van der Waals surface area contributed by atoms with Crippen LogP contribution in [0.3, 0.4) is 0 Å². The summed E-state index contributed by atoms with van der Waals surface area (Å²) in [6.45, 7) is 8.00. The van der Waals surface area contributed by atoms with E-state index < -0.39 is 0 Å². The molecule has 2 rings (SSSR count). The molecule has 5 heteroatoms. The average Bonchev–Trinajstić information content (AvgIpc) is 2.45. The molecule has 1 aromatic carbocycles. The zero-order valence-electron chi connectivity index (χ0n) is 12.8. The van der Waals surface area contributed by atoms with Crippen LogP contribution in [-0.4, -0.2) is 26.7 Å². The molecule has 0 aliphatic heterocycles. The van der Waals surface area contributed by atoms with Gasteiger partial charge in [-0.2, -0.15) is 0 Å². The summed E-state index contributed by atoms with van der Waals surface area (Å²) in [6.07, 6.45) is 0.824. The molecule has 0 fully saturated rings. The van der Waals surface area contributed by atoms with Crippen LogP contribution >= 0.6 is 15.9 Å². The first kappa shape index (κ1) is 15.8. The molecule has 0 saturated carbocycles. The molecule has 2 N–H and O–H groups in total. The summed E-state index contributed by atoms with van der Waals surface area (Å²) in [5.41, 5.74) is 9.87. The van der Waals surface area contributed by atoms with E-state index in [9.17, 15) is 0 Å². The molecule has 0 atom stereocenters. The van der Waals surface area contributed by atoms with Gasteiger partial charge in [-0.3, -0.25) is 9.98 Å². The molecular formula is C16H20BrN3O. The summed E-state index contributed by atoms with van der Waals surface area (Å²) >= 11 is 3.64. The number of amidine groups is 1. The molecule has 0 heterocycles. The standard InChI is InChI=1S/C16H20BrN3O/c1-16(2)8-10-9(6-7-11(21-5)13(10)17)14(19-3)12(16)15(18)20-4/h6-7H,3,8H2,1-2,4-5H3,(H2,18,20). The Hall–Kier alpha value is -1.62. The predicted octanol–water partition coefficient (Wildman–Crippen LogP) is 3.44. The van der Waals surface area contributed by atoms with Crippen molar-refractivity contribution in [3.8, 4) is 5.75 Å². The number of rotatable bonds is 3. The van der Waals surface area contributed by atoms with Crippen molar-refractivity contribution in [1.29, 1.82) is 0 Å². The van der Waals surface area contributed by atoms with Gasteiger partial charge in [-0.25, -0.2) is 0 Å². The van der Waals surface area contributed by atoms with Crippen LogP contribution in [0.25, 0.3) is 5.70 Å². The number of nitrogens with two attached hydrogens (primary N) is 1. The van der Waals surface area contributed by atoms with Crippen LogP contribution in [0.1, 0.15) is 25.0 Å². The lowest BCUT2D eigenvalue weighted by molar-refractivity contribution is 0.407. The lowest BCUT2D eigenvalue weighted by Gasteiger charge is -2.35. The van der Waals surface area contributed by atoms with Gasteiger partial charge in [0.2, 0.25) is 0 Å². The molecule has 0 bridgehead atoms. The third-order valence-corrected chi connectivity index (χ3v) is 4.74. The number of fused-ring (bicyclic) bond motifs is 1. The lowest BCUT2D eigenvalue weighted by atomic mass is 9.71. The SMILES string of the molecule is C=NC1=C(C(N)=NC)C(C)(C)Cc2c1ccc(OC)c2Br. The normalized spacial score (nSPS) is 17.5. The van der Waals surface area contributed by atoms with E-state index in [1.807, 2.05) is 12.1 Å². The average molecular weight is 350 g/mol. The van der Waals surface area contributed by atoms with E-state index in [1.54, 1.807) is 14.2 Å². The quantitative estimate of drug-likeness (QED) is 0.671. The number of methoxy groups -OCH3 is 1. The largest absolute Gasteiger partial charge is 0.496 e. The molecule has 1 aromatic rings. The van der Waals surface area contributed by atoms with E-state index in [0.29, 0.717) is 5.84 Å². The molecule has 0 saturated heterocycles. The zero-order valence-corrected chi connectivity index (χ0v) is 14.4. The topological polar surface area (TPSA) is 60.0 Å². The Balaban J connectivity index is 2.82. The molecule has 0 amide bonds. The van der Waals surface area contributed by atoms with Crippen molar-refractivity contribution in [3.63, 3.8) is 0 Å². The third-order valence-electron chi connectivity index (χ3n) is 3.87. The number of halogens is 1. The molecule has 21 heavy (non-hydrogen) atoms. The van der Waals surface area contributed by atoms with Crippen LogP contribution in [0.4, 0.5) is 0 Å². The summed E-state index contributed by atoms with van der Waals surface area (Å²) in [7, 11) is 3.36. The second kappa shape index (κ2) is 5.64. The summed E-state index contributed by atoms with van der Waals surface area (Å²) in [6, 6.07) is 3.92. The second-order valence-electron chi connectivity index (χ2n) is 5.66. The van der Waals surface area contributed by atoms with Gasteiger partial charge in [-0.1, -0.05) is 13.8 Å². The number of benzene rings is 1. The molecule has 0 unspecified atom stereocenters. The smallest absolute Gasteiger partial charge is 0.133 e. The second-order valence-corrected chi connectivity index (χ2v) is 6.45.